The van der Waals surface area contributed by atoms with Gasteiger partial charge in [0.1, 0.15) is 11.5 Å². The largest absolute Gasteiger partial charge is 0.497 e. The normalized spacial score (nSPS) is 11.2. The molecule has 1 amide bonds. The lowest BCUT2D eigenvalue weighted by Gasteiger charge is -2.21. The van der Waals surface area contributed by atoms with E-state index in [0.29, 0.717) is 28.7 Å². The lowest BCUT2D eigenvalue weighted by molar-refractivity contribution is 0.0952. The van der Waals surface area contributed by atoms with Gasteiger partial charge in [0.25, 0.3) is 5.91 Å². The molecule has 2 aromatic carbocycles. The number of hydrogen-bond donors (Lipinski definition) is 2. The molecular weight excluding hydrogens is 428 g/mol. The van der Waals surface area contributed by atoms with Gasteiger partial charge in [0.2, 0.25) is 5.88 Å². The van der Waals surface area contributed by atoms with E-state index in [4.69, 9.17) is 9.47 Å². The molecule has 4 rings (SSSR count). The van der Waals surface area contributed by atoms with E-state index in [1.807, 2.05) is 50.2 Å². The van der Waals surface area contributed by atoms with E-state index < -0.39 is 0 Å². The highest BCUT2D eigenvalue weighted by Gasteiger charge is 2.27. The van der Waals surface area contributed by atoms with Crippen molar-refractivity contribution in [3.05, 3.63) is 75.9 Å². The molecule has 9 nitrogen and oxygen atoms in total. The van der Waals surface area contributed by atoms with Crippen LogP contribution in [0.15, 0.2) is 54.0 Å². The van der Waals surface area contributed by atoms with E-state index in [0.717, 1.165) is 11.1 Å². The molecule has 2 aromatic heterocycles. The molecule has 2 heterocycles. The zero-order valence-electron chi connectivity index (χ0n) is 17.8. The number of H-pyrrole nitrogens is 1. The second kappa shape index (κ2) is 9.15. The second-order valence-electron chi connectivity index (χ2n) is 7.52. The minimum absolute atomic E-state index is 0.248. The predicted molar refractivity (Wildman–Crippen MR) is 119 cm³/mol. The molecular formula is C22H22N6O3S. The summed E-state index contributed by atoms with van der Waals surface area (Å²) < 4.78 is 11.0. The van der Waals surface area contributed by atoms with Crippen molar-refractivity contribution in [2.75, 3.05) is 7.11 Å². The van der Waals surface area contributed by atoms with Gasteiger partial charge in [-0.1, -0.05) is 30.3 Å². The van der Waals surface area contributed by atoms with Crippen molar-refractivity contribution in [2.24, 2.45) is 0 Å². The van der Waals surface area contributed by atoms with Crippen molar-refractivity contribution < 1.29 is 14.3 Å². The third-order valence-corrected chi connectivity index (χ3v) is 5.87. The van der Waals surface area contributed by atoms with Gasteiger partial charge in [0, 0.05) is 12.6 Å². The summed E-state index contributed by atoms with van der Waals surface area (Å²) in [6, 6.07) is 15.1. The standard InChI is InChI=1S/C22H22N6O3S/c1-22(2,21-25-27-28-26-21)15-9-7-14(8-10-15)12-23-19(29)18-20(24-13-32-18)31-17-6-4-5-16(11-17)30-3/h4-11,13H,12H2,1-3H3,(H,23,29)(H,25,26,27,28). The average molecular weight is 451 g/mol. The van der Waals surface area contributed by atoms with E-state index >= 15 is 0 Å². The van der Waals surface area contributed by atoms with Gasteiger partial charge in [-0.2, -0.15) is 0 Å². The summed E-state index contributed by atoms with van der Waals surface area (Å²) in [7, 11) is 1.58. The van der Waals surface area contributed by atoms with Gasteiger partial charge in [0.15, 0.2) is 10.7 Å². The zero-order chi connectivity index (χ0) is 22.6. The number of benzene rings is 2. The van der Waals surface area contributed by atoms with Crippen molar-refractivity contribution in [2.45, 2.75) is 25.8 Å². The molecule has 0 saturated heterocycles. The lowest BCUT2D eigenvalue weighted by atomic mass is 9.83. The van der Waals surface area contributed by atoms with Gasteiger partial charge in [-0.05, 0) is 47.5 Å². The molecule has 0 aliphatic heterocycles. The molecule has 0 radical (unpaired) electrons. The minimum atomic E-state index is -0.361. The summed E-state index contributed by atoms with van der Waals surface area (Å²) in [4.78, 5) is 17.3. The van der Waals surface area contributed by atoms with E-state index in [1.165, 1.54) is 11.3 Å². The van der Waals surface area contributed by atoms with Crippen LogP contribution in [0.25, 0.3) is 0 Å². The van der Waals surface area contributed by atoms with E-state index in [2.05, 4.69) is 30.9 Å². The molecule has 0 saturated carbocycles. The highest BCUT2D eigenvalue weighted by molar-refractivity contribution is 7.12. The lowest BCUT2D eigenvalue weighted by Crippen LogP contribution is -2.23. The summed E-state index contributed by atoms with van der Waals surface area (Å²) in [6.07, 6.45) is 0. The maximum atomic E-state index is 12.7. The van der Waals surface area contributed by atoms with Crippen LogP contribution in [-0.4, -0.2) is 38.6 Å². The number of nitrogens with zero attached hydrogens (tertiary/aromatic N) is 4. The number of nitrogens with one attached hydrogen (secondary N) is 2. The fraction of sp³-hybridized carbons (Fsp3) is 0.227. The number of rotatable bonds is 8. The van der Waals surface area contributed by atoms with Crippen LogP contribution in [-0.2, 0) is 12.0 Å². The van der Waals surface area contributed by atoms with Crippen molar-refractivity contribution in [1.29, 1.82) is 0 Å². The summed E-state index contributed by atoms with van der Waals surface area (Å²) in [5, 5.41) is 17.1. The van der Waals surface area contributed by atoms with Gasteiger partial charge in [0.05, 0.1) is 18.0 Å². The van der Waals surface area contributed by atoms with E-state index in [-0.39, 0.29) is 17.2 Å². The topological polar surface area (TPSA) is 115 Å². The molecule has 0 aliphatic rings. The molecule has 164 valence electrons. The van der Waals surface area contributed by atoms with Crippen molar-refractivity contribution in [3.8, 4) is 17.4 Å². The molecule has 0 unspecified atom stereocenters. The van der Waals surface area contributed by atoms with E-state index in [1.54, 1.807) is 24.8 Å². The fourth-order valence-corrected chi connectivity index (χ4v) is 3.73. The van der Waals surface area contributed by atoms with Crippen molar-refractivity contribution in [1.82, 2.24) is 30.9 Å². The molecule has 2 N–H and O–H groups in total. The average Bonchev–Trinajstić information content (AvgIpc) is 3.51. The highest BCUT2D eigenvalue weighted by Crippen LogP contribution is 2.30. The first-order valence-electron chi connectivity index (χ1n) is 9.84. The van der Waals surface area contributed by atoms with Crippen LogP contribution < -0.4 is 14.8 Å². The SMILES string of the molecule is COc1cccc(Oc2ncsc2C(=O)NCc2ccc(C(C)(C)c3nnn[nH]3)cc2)c1. The number of hydrogen-bond acceptors (Lipinski definition) is 8. The molecule has 4 aromatic rings. The molecule has 0 bridgehead atoms. The Labute approximate surface area is 188 Å². The first kappa shape index (κ1) is 21.4. The summed E-state index contributed by atoms with van der Waals surface area (Å²) in [5.74, 6) is 1.91. The summed E-state index contributed by atoms with van der Waals surface area (Å²) in [6.45, 7) is 4.46. The maximum Gasteiger partial charge on any atom is 0.267 e. The second-order valence-corrected chi connectivity index (χ2v) is 8.38. The summed E-state index contributed by atoms with van der Waals surface area (Å²) in [5.41, 5.74) is 3.25. The maximum absolute atomic E-state index is 12.7. The predicted octanol–water partition coefficient (Wildman–Crippen LogP) is 3.71. The van der Waals surface area contributed by atoms with Gasteiger partial charge in [-0.25, -0.2) is 10.1 Å². The Balaban J connectivity index is 1.40. The third kappa shape index (κ3) is 4.59. The number of tetrazole rings is 1. The number of carbonyl (C=O) groups excluding carboxylic acids is 1. The van der Waals surface area contributed by atoms with Crippen LogP contribution in [0.2, 0.25) is 0 Å². The van der Waals surface area contributed by atoms with Crippen molar-refractivity contribution >= 4 is 17.2 Å². The first-order valence-corrected chi connectivity index (χ1v) is 10.7. The molecule has 0 atom stereocenters. The van der Waals surface area contributed by atoms with Crippen LogP contribution in [0.5, 0.6) is 17.4 Å². The molecule has 0 fully saturated rings. The van der Waals surface area contributed by atoms with Gasteiger partial charge < -0.3 is 14.8 Å². The number of aromatic nitrogens is 5. The molecule has 32 heavy (non-hydrogen) atoms. The number of amides is 1. The minimum Gasteiger partial charge on any atom is -0.497 e. The molecule has 0 aliphatic carbocycles. The fourth-order valence-electron chi connectivity index (χ4n) is 3.10. The summed E-state index contributed by atoms with van der Waals surface area (Å²) >= 11 is 1.22. The Morgan fingerprint density at radius 1 is 1.16 bits per heavy atom. The number of methoxy groups -OCH3 is 1. The van der Waals surface area contributed by atoms with Crippen LogP contribution in [0.4, 0.5) is 0 Å². The Morgan fingerprint density at radius 2 is 1.94 bits per heavy atom. The zero-order valence-corrected chi connectivity index (χ0v) is 18.6. The van der Waals surface area contributed by atoms with E-state index in [9.17, 15) is 4.79 Å². The monoisotopic (exact) mass is 450 g/mol. The Morgan fingerprint density at radius 3 is 2.66 bits per heavy atom. The molecule has 0 spiro atoms. The quantitative estimate of drug-likeness (QED) is 0.420. The van der Waals surface area contributed by atoms with Gasteiger partial charge >= 0.3 is 0 Å². The van der Waals surface area contributed by atoms with Crippen LogP contribution in [0.1, 0.15) is 40.5 Å². The number of carbonyl (C=O) groups is 1. The van der Waals surface area contributed by atoms with Crippen LogP contribution >= 0.6 is 11.3 Å². The highest BCUT2D eigenvalue weighted by atomic mass is 32.1. The third-order valence-electron chi connectivity index (χ3n) is 5.06. The Hall–Kier alpha value is -3.79. The smallest absolute Gasteiger partial charge is 0.267 e. The van der Waals surface area contributed by atoms with Crippen LogP contribution in [0.3, 0.4) is 0 Å². The Bertz CT molecular complexity index is 1190. The molecule has 10 heteroatoms. The number of aromatic amines is 1. The van der Waals surface area contributed by atoms with Crippen molar-refractivity contribution in [3.63, 3.8) is 0 Å². The van der Waals surface area contributed by atoms with Gasteiger partial charge in [-0.3, -0.25) is 4.79 Å². The first-order chi connectivity index (χ1) is 15.5. The number of thiazole rings is 1. The number of ether oxygens (including phenoxy) is 2. The van der Waals surface area contributed by atoms with Gasteiger partial charge in [-0.15, -0.1) is 16.4 Å². The Kier molecular flexibility index (Phi) is 6.13. The van der Waals surface area contributed by atoms with Crippen LogP contribution in [0, 0.1) is 0 Å².